The van der Waals surface area contributed by atoms with E-state index in [1.165, 1.54) is 0 Å². The summed E-state index contributed by atoms with van der Waals surface area (Å²) in [6.07, 6.45) is 0. The summed E-state index contributed by atoms with van der Waals surface area (Å²) in [5.74, 6) is 0. The molecule has 2 heterocycles. The highest BCUT2D eigenvalue weighted by atomic mass is 16.4. The normalized spacial score (nSPS) is 11.7. The molecule has 2 aromatic heterocycles. The smallest absolute Gasteiger partial charge is 0.344 e. The van der Waals surface area contributed by atoms with Gasteiger partial charge >= 0.3 is 5.63 Å². The van der Waals surface area contributed by atoms with Gasteiger partial charge < -0.3 is 8.98 Å². The molecule has 0 amide bonds. The van der Waals surface area contributed by atoms with E-state index >= 15 is 0 Å². The van der Waals surface area contributed by atoms with Crippen LogP contribution in [0.5, 0.6) is 0 Å². The van der Waals surface area contributed by atoms with Crippen LogP contribution >= 0.6 is 0 Å². The van der Waals surface area contributed by atoms with E-state index in [2.05, 4.69) is 41.0 Å². The monoisotopic (exact) mass is 361 g/mol. The maximum Gasteiger partial charge on any atom is 0.344 e. The van der Waals surface area contributed by atoms with Gasteiger partial charge in [-0.3, -0.25) is 0 Å². The van der Waals surface area contributed by atoms with Crippen molar-refractivity contribution < 1.29 is 4.42 Å². The van der Waals surface area contributed by atoms with E-state index < -0.39 is 0 Å². The Hall–Kier alpha value is -3.85. The fraction of sp³-hybridized carbons (Fsp3) is 0. The van der Waals surface area contributed by atoms with Gasteiger partial charge in [-0.2, -0.15) is 0 Å². The van der Waals surface area contributed by atoms with E-state index in [1.807, 2.05) is 54.6 Å². The maximum atomic E-state index is 12.7. The Bertz CT molecular complexity index is 1570. The van der Waals surface area contributed by atoms with Crippen molar-refractivity contribution in [1.29, 1.82) is 0 Å². The largest absolute Gasteiger partial charge is 0.422 e. The molecule has 6 rings (SSSR count). The second-order valence-electron chi connectivity index (χ2n) is 6.96. The van der Waals surface area contributed by atoms with Gasteiger partial charge in [-0.1, -0.05) is 54.6 Å². The second-order valence-corrected chi connectivity index (χ2v) is 6.96. The van der Waals surface area contributed by atoms with Crippen LogP contribution in [0.25, 0.3) is 49.2 Å². The summed E-state index contributed by atoms with van der Waals surface area (Å²) in [5, 5.41) is 4.54. The third-order valence-electron chi connectivity index (χ3n) is 5.44. The number of aromatic nitrogens is 1. The first-order valence-electron chi connectivity index (χ1n) is 9.26. The minimum absolute atomic E-state index is 0.299. The summed E-state index contributed by atoms with van der Waals surface area (Å²) in [4.78, 5) is 12.7. The molecule has 0 bridgehead atoms. The van der Waals surface area contributed by atoms with Gasteiger partial charge in [-0.15, -0.1) is 0 Å². The highest BCUT2D eigenvalue weighted by Crippen LogP contribution is 2.37. The summed E-state index contributed by atoms with van der Waals surface area (Å²) < 4.78 is 8.10. The quantitative estimate of drug-likeness (QED) is 0.264. The summed E-state index contributed by atoms with van der Waals surface area (Å²) >= 11 is 0. The molecule has 132 valence electrons. The third kappa shape index (κ3) is 1.96. The zero-order valence-electron chi connectivity index (χ0n) is 14.9. The molecule has 4 aromatic carbocycles. The Balaban J connectivity index is 1.90. The van der Waals surface area contributed by atoms with Crippen molar-refractivity contribution in [2.75, 3.05) is 0 Å². The molecule has 0 spiro atoms. The van der Waals surface area contributed by atoms with Gasteiger partial charge in [0.05, 0.1) is 21.8 Å². The maximum absolute atomic E-state index is 12.7. The SMILES string of the molecule is O=c1oc2c(ccc3c2c2ccccc2n3-c2ccccc2)c2ccccc12. The molecule has 0 radical (unpaired) electrons. The van der Waals surface area contributed by atoms with Gasteiger partial charge in [0.25, 0.3) is 0 Å². The molecule has 0 aliphatic carbocycles. The summed E-state index contributed by atoms with van der Waals surface area (Å²) in [6.45, 7) is 0. The average Bonchev–Trinajstić information content (AvgIpc) is 3.09. The lowest BCUT2D eigenvalue weighted by atomic mass is 10.0. The standard InChI is InChI=1S/C25H15NO2/c27-25-19-11-5-4-10-17(19)18-14-15-22-23(24(18)28-25)20-12-6-7-13-21(20)26(22)16-8-2-1-3-9-16/h1-15H. The molecule has 0 atom stereocenters. The Morgan fingerprint density at radius 2 is 1.25 bits per heavy atom. The van der Waals surface area contributed by atoms with Crippen molar-refractivity contribution in [3.8, 4) is 5.69 Å². The van der Waals surface area contributed by atoms with Crippen LogP contribution in [0, 0.1) is 0 Å². The van der Waals surface area contributed by atoms with E-state index in [0.29, 0.717) is 11.0 Å². The van der Waals surface area contributed by atoms with Gasteiger partial charge in [-0.25, -0.2) is 4.79 Å². The third-order valence-corrected chi connectivity index (χ3v) is 5.44. The molecule has 3 heteroatoms. The van der Waals surface area contributed by atoms with Crippen molar-refractivity contribution in [3.63, 3.8) is 0 Å². The van der Waals surface area contributed by atoms with Crippen LogP contribution in [0.4, 0.5) is 0 Å². The molecule has 28 heavy (non-hydrogen) atoms. The Morgan fingerprint density at radius 1 is 0.571 bits per heavy atom. The summed E-state index contributed by atoms with van der Waals surface area (Å²) in [5.41, 5.74) is 3.54. The number of hydrogen-bond donors (Lipinski definition) is 0. The number of rotatable bonds is 1. The van der Waals surface area contributed by atoms with Gasteiger partial charge in [0.1, 0.15) is 5.58 Å². The van der Waals surface area contributed by atoms with Crippen LogP contribution < -0.4 is 5.63 Å². The van der Waals surface area contributed by atoms with Crippen molar-refractivity contribution in [2.24, 2.45) is 0 Å². The van der Waals surface area contributed by atoms with Gasteiger partial charge in [0, 0.05) is 16.5 Å². The molecule has 6 aromatic rings. The Morgan fingerprint density at radius 3 is 2.07 bits per heavy atom. The molecule has 0 fully saturated rings. The molecular formula is C25H15NO2. The Kier molecular flexibility index (Phi) is 3.03. The molecule has 0 aliphatic rings. The highest BCUT2D eigenvalue weighted by Gasteiger charge is 2.17. The number of nitrogens with zero attached hydrogens (tertiary/aromatic N) is 1. The van der Waals surface area contributed by atoms with E-state index in [-0.39, 0.29) is 5.63 Å². The lowest BCUT2D eigenvalue weighted by Gasteiger charge is -2.08. The van der Waals surface area contributed by atoms with Crippen LogP contribution in [-0.2, 0) is 0 Å². The zero-order valence-corrected chi connectivity index (χ0v) is 14.9. The highest BCUT2D eigenvalue weighted by molar-refractivity contribution is 6.23. The van der Waals surface area contributed by atoms with Gasteiger partial charge in [-0.05, 0) is 41.8 Å². The van der Waals surface area contributed by atoms with Crippen molar-refractivity contribution in [2.45, 2.75) is 0 Å². The molecule has 0 unspecified atom stereocenters. The molecule has 0 aliphatic heterocycles. The van der Waals surface area contributed by atoms with Crippen LogP contribution in [0.3, 0.4) is 0 Å². The van der Waals surface area contributed by atoms with Gasteiger partial charge in [0.2, 0.25) is 0 Å². The number of fused-ring (bicyclic) bond motifs is 7. The fourth-order valence-corrected chi connectivity index (χ4v) is 4.25. The van der Waals surface area contributed by atoms with Crippen LogP contribution in [0.15, 0.2) is 100 Å². The van der Waals surface area contributed by atoms with Crippen molar-refractivity contribution in [1.82, 2.24) is 4.57 Å². The number of hydrogen-bond acceptors (Lipinski definition) is 2. The van der Waals surface area contributed by atoms with Crippen LogP contribution in [0.1, 0.15) is 0 Å². The summed E-state index contributed by atoms with van der Waals surface area (Å²) in [7, 11) is 0. The van der Waals surface area contributed by atoms with E-state index in [0.717, 1.165) is 38.3 Å². The van der Waals surface area contributed by atoms with Crippen LogP contribution in [0.2, 0.25) is 0 Å². The predicted molar refractivity (Wildman–Crippen MR) is 114 cm³/mol. The average molecular weight is 361 g/mol. The molecule has 0 saturated carbocycles. The molecule has 3 nitrogen and oxygen atoms in total. The minimum atomic E-state index is -0.299. The van der Waals surface area contributed by atoms with Crippen molar-refractivity contribution >= 4 is 43.5 Å². The van der Waals surface area contributed by atoms with E-state index in [4.69, 9.17) is 4.42 Å². The first kappa shape index (κ1) is 15.2. The first-order chi connectivity index (χ1) is 13.8. The van der Waals surface area contributed by atoms with Crippen LogP contribution in [-0.4, -0.2) is 4.57 Å². The zero-order chi connectivity index (χ0) is 18.7. The topological polar surface area (TPSA) is 35.1 Å². The summed E-state index contributed by atoms with van der Waals surface area (Å²) in [6, 6.07) is 30.3. The number of para-hydroxylation sites is 2. The number of benzene rings is 4. The Labute approximate surface area is 160 Å². The fourth-order valence-electron chi connectivity index (χ4n) is 4.25. The van der Waals surface area contributed by atoms with Crippen molar-refractivity contribution in [3.05, 3.63) is 101 Å². The predicted octanol–water partition coefficient (Wildman–Crippen LogP) is 6.04. The minimum Gasteiger partial charge on any atom is -0.422 e. The van der Waals surface area contributed by atoms with E-state index in [1.54, 1.807) is 0 Å². The molecular weight excluding hydrogens is 346 g/mol. The first-order valence-corrected chi connectivity index (χ1v) is 9.26. The van der Waals surface area contributed by atoms with E-state index in [9.17, 15) is 4.79 Å². The lowest BCUT2D eigenvalue weighted by Crippen LogP contribution is -1.99. The lowest BCUT2D eigenvalue weighted by molar-refractivity contribution is 0.573. The molecule has 0 saturated heterocycles. The molecule has 0 N–H and O–H groups in total. The van der Waals surface area contributed by atoms with Gasteiger partial charge in [0.15, 0.2) is 0 Å². The second kappa shape index (κ2) is 5.57.